The molecule has 0 N–H and O–H groups in total. The first-order valence-electron chi connectivity index (χ1n) is 5.39. The fraction of sp³-hybridized carbons (Fsp3) is 0.538. The topological polar surface area (TPSA) is 0 Å². The summed E-state index contributed by atoms with van der Waals surface area (Å²) in [6.45, 7) is 1.46. The Hall–Kier alpha value is -0.600. The summed E-state index contributed by atoms with van der Waals surface area (Å²) in [7, 11) is 2.87. The lowest BCUT2D eigenvalue weighted by Crippen LogP contribution is -2.15. The molecule has 0 spiro atoms. The molecule has 0 saturated heterocycles. The Morgan fingerprint density at radius 2 is 2.00 bits per heavy atom. The number of rotatable bonds is 2. The smallest absolute Gasteiger partial charge is 0.0971 e. The van der Waals surface area contributed by atoms with E-state index in [0.717, 1.165) is 24.1 Å². The normalized spacial score (nSPS) is 28.7. The number of hydrogen-bond donors (Lipinski definition) is 0. The van der Waals surface area contributed by atoms with Crippen LogP contribution in [-0.4, -0.2) is 5.66 Å². The Bertz CT molecular complexity index is 297. The van der Waals surface area contributed by atoms with Crippen LogP contribution in [0.5, 0.6) is 0 Å². The molecule has 1 fully saturated rings. The molecule has 2 heteroatoms. The molecule has 1 atom stereocenters. The van der Waals surface area contributed by atoms with Gasteiger partial charge in [0.1, 0.15) is 0 Å². The van der Waals surface area contributed by atoms with Crippen molar-refractivity contribution < 1.29 is 4.39 Å². The van der Waals surface area contributed by atoms with Crippen molar-refractivity contribution in [3.8, 4) is 12.3 Å². The van der Waals surface area contributed by atoms with Crippen LogP contribution in [-0.2, 0) is 0 Å². The van der Waals surface area contributed by atoms with E-state index in [0.29, 0.717) is 5.92 Å². The van der Waals surface area contributed by atoms with E-state index in [1.165, 1.54) is 19.8 Å². The molecule has 82 valence electrons. The summed E-state index contributed by atoms with van der Waals surface area (Å²) in [5.74, 6) is 2.79. The first kappa shape index (κ1) is 12.5. The molecule has 0 radical (unpaired) electrons. The second kappa shape index (κ2) is 6.09. The van der Waals surface area contributed by atoms with Gasteiger partial charge in [-0.05, 0) is 61.9 Å². The van der Waals surface area contributed by atoms with Crippen molar-refractivity contribution in [1.29, 1.82) is 0 Å². The van der Waals surface area contributed by atoms with E-state index in [4.69, 9.17) is 6.42 Å². The second-order valence-electron chi connectivity index (χ2n) is 4.15. The van der Waals surface area contributed by atoms with E-state index >= 15 is 0 Å². The lowest BCUT2D eigenvalue weighted by Gasteiger charge is -2.26. The highest BCUT2D eigenvalue weighted by atomic mass is 31.0. The molecule has 0 aliphatic heterocycles. The minimum Gasteiger partial charge on any atom is -0.212 e. The molecule has 1 aliphatic rings. The van der Waals surface area contributed by atoms with Crippen molar-refractivity contribution in [2.45, 2.75) is 38.3 Å². The zero-order chi connectivity index (χ0) is 11.3. The van der Waals surface area contributed by atoms with Crippen molar-refractivity contribution in [1.82, 2.24) is 0 Å². The summed E-state index contributed by atoms with van der Waals surface area (Å²) in [5, 5.41) is 0. The molecule has 0 aromatic carbocycles. The summed E-state index contributed by atoms with van der Waals surface area (Å²) < 4.78 is 12.9. The molecule has 1 rings (SSSR count). The van der Waals surface area contributed by atoms with Crippen LogP contribution in [0.1, 0.15) is 32.6 Å². The van der Waals surface area contributed by atoms with Gasteiger partial charge in [-0.3, -0.25) is 0 Å². The maximum absolute atomic E-state index is 12.9. The van der Waals surface area contributed by atoms with Crippen molar-refractivity contribution in [2.24, 2.45) is 5.92 Å². The molecule has 15 heavy (non-hydrogen) atoms. The first-order valence-corrected chi connectivity index (χ1v) is 6.05. The first-order chi connectivity index (χ1) is 7.13. The van der Waals surface area contributed by atoms with Gasteiger partial charge in [-0.2, -0.15) is 0 Å². The van der Waals surface area contributed by atoms with Gasteiger partial charge in [0, 0.05) is 0 Å². The van der Waals surface area contributed by atoms with Crippen LogP contribution in [0.15, 0.2) is 23.6 Å². The maximum Gasteiger partial charge on any atom is 0.0971 e. The predicted molar refractivity (Wildman–Crippen MR) is 67.2 cm³/mol. The van der Waals surface area contributed by atoms with Gasteiger partial charge in [0.25, 0.3) is 0 Å². The van der Waals surface area contributed by atoms with E-state index in [1.807, 2.05) is 0 Å². The largest absolute Gasteiger partial charge is 0.212 e. The van der Waals surface area contributed by atoms with E-state index in [-0.39, 0.29) is 5.83 Å². The lowest BCUT2D eigenvalue weighted by molar-refractivity contribution is 0.415. The van der Waals surface area contributed by atoms with Gasteiger partial charge in [-0.15, -0.1) is 15.7 Å². The van der Waals surface area contributed by atoms with Crippen LogP contribution in [0, 0.1) is 18.3 Å². The average Bonchev–Trinajstić information content (AvgIpc) is 2.17. The van der Waals surface area contributed by atoms with Gasteiger partial charge >= 0.3 is 0 Å². The number of terminal acetylenes is 1. The highest BCUT2D eigenvalue weighted by Crippen LogP contribution is 2.34. The van der Waals surface area contributed by atoms with Crippen molar-refractivity contribution in [3.63, 3.8) is 0 Å². The summed E-state index contributed by atoms with van der Waals surface area (Å²) in [6, 6.07) is 0. The zero-order valence-electron chi connectivity index (χ0n) is 9.17. The third-order valence-electron chi connectivity index (χ3n) is 2.86. The fourth-order valence-electron chi connectivity index (χ4n) is 2.06. The van der Waals surface area contributed by atoms with Crippen LogP contribution < -0.4 is 0 Å². The standard InChI is InChI=1S/C13H18FP/c1-3-4-12(9-10(2)14)11-5-7-13(15)8-6-11/h1,4,9,11,13H,5-8,15H2,2H3/b10-9+,12-4+. The Morgan fingerprint density at radius 1 is 1.40 bits per heavy atom. The molecule has 1 aliphatic carbocycles. The van der Waals surface area contributed by atoms with Crippen molar-refractivity contribution in [3.05, 3.63) is 23.6 Å². The van der Waals surface area contributed by atoms with Crippen LogP contribution in [0.4, 0.5) is 4.39 Å². The van der Waals surface area contributed by atoms with Gasteiger partial charge in [0.05, 0.1) is 5.83 Å². The second-order valence-corrected chi connectivity index (χ2v) is 5.10. The van der Waals surface area contributed by atoms with Crippen molar-refractivity contribution >= 4 is 9.24 Å². The molecule has 0 aromatic heterocycles. The van der Waals surface area contributed by atoms with E-state index in [1.54, 1.807) is 12.2 Å². The summed E-state index contributed by atoms with van der Waals surface area (Å²) in [4.78, 5) is 0. The Balaban J connectivity index is 2.70. The summed E-state index contributed by atoms with van der Waals surface area (Å²) in [6.07, 6.45) is 13.2. The highest BCUT2D eigenvalue weighted by molar-refractivity contribution is 7.17. The predicted octanol–water partition coefficient (Wildman–Crippen LogP) is 3.85. The van der Waals surface area contributed by atoms with E-state index in [2.05, 4.69) is 15.2 Å². The molecule has 0 nitrogen and oxygen atoms in total. The van der Waals surface area contributed by atoms with Gasteiger partial charge in [0.2, 0.25) is 0 Å². The third kappa shape index (κ3) is 4.18. The number of allylic oxidation sites excluding steroid dienone is 4. The maximum atomic E-state index is 12.9. The molecule has 0 amide bonds. The fourth-order valence-corrected chi connectivity index (χ4v) is 2.44. The Morgan fingerprint density at radius 3 is 2.47 bits per heavy atom. The van der Waals surface area contributed by atoms with Crippen LogP contribution >= 0.6 is 9.24 Å². The molecular formula is C13H18FP. The minimum absolute atomic E-state index is 0.163. The molecule has 0 heterocycles. The lowest BCUT2D eigenvalue weighted by atomic mass is 9.83. The quantitative estimate of drug-likeness (QED) is 0.379. The Kier molecular flexibility index (Phi) is 5.06. The molecule has 1 unspecified atom stereocenters. The number of hydrogen-bond acceptors (Lipinski definition) is 0. The molecular weight excluding hydrogens is 206 g/mol. The van der Waals surface area contributed by atoms with E-state index < -0.39 is 0 Å². The summed E-state index contributed by atoms with van der Waals surface area (Å²) >= 11 is 0. The SMILES string of the molecule is C#C/C=C(\C=C(/C)F)C1CCC(P)CC1. The van der Waals surface area contributed by atoms with Crippen molar-refractivity contribution in [2.75, 3.05) is 0 Å². The monoisotopic (exact) mass is 224 g/mol. The van der Waals surface area contributed by atoms with E-state index in [9.17, 15) is 4.39 Å². The zero-order valence-corrected chi connectivity index (χ0v) is 10.3. The van der Waals surface area contributed by atoms with Crippen LogP contribution in [0.2, 0.25) is 0 Å². The third-order valence-corrected chi connectivity index (χ3v) is 3.53. The van der Waals surface area contributed by atoms with Gasteiger partial charge in [-0.25, -0.2) is 4.39 Å². The highest BCUT2D eigenvalue weighted by Gasteiger charge is 2.20. The van der Waals surface area contributed by atoms with Crippen LogP contribution in [0.3, 0.4) is 0 Å². The summed E-state index contributed by atoms with van der Waals surface area (Å²) in [5.41, 5.74) is 1.71. The Labute approximate surface area is 94.2 Å². The van der Waals surface area contributed by atoms with Crippen LogP contribution in [0.25, 0.3) is 0 Å². The minimum atomic E-state index is -0.163. The average molecular weight is 224 g/mol. The van der Waals surface area contributed by atoms with Gasteiger partial charge < -0.3 is 0 Å². The molecule has 0 aromatic rings. The molecule has 0 bridgehead atoms. The van der Waals surface area contributed by atoms with Gasteiger partial charge in [0.15, 0.2) is 0 Å². The van der Waals surface area contributed by atoms with Gasteiger partial charge in [-0.1, -0.05) is 5.92 Å². The number of halogens is 1. The molecule has 1 saturated carbocycles.